The maximum atomic E-state index is 11.0. The number of nitriles is 1. The van der Waals surface area contributed by atoms with Gasteiger partial charge in [-0.3, -0.25) is 10.1 Å². The highest BCUT2D eigenvalue weighted by Gasteiger charge is 2.36. The van der Waals surface area contributed by atoms with Crippen molar-refractivity contribution in [2.24, 2.45) is 5.92 Å². The number of nitrogens with zero attached hydrogens (tertiary/aromatic N) is 1. The van der Waals surface area contributed by atoms with E-state index in [0.717, 1.165) is 5.76 Å². The van der Waals surface area contributed by atoms with Gasteiger partial charge in [-0.2, -0.15) is 5.26 Å². The van der Waals surface area contributed by atoms with E-state index in [1.54, 1.807) is 12.3 Å². The molecule has 0 spiro atoms. The van der Waals surface area contributed by atoms with E-state index in [4.69, 9.17) is 9.68 Å². The molecule has 1 aliphatic rings. The molecule has 1 saturated carbocycles. The van der Waals surface area contributed by atoms with Crippen LogP contribution in [0.4, 0.5) is 0 Å². The molecule has 1 heterocycles. The molecule has 1 aliphatic carbocycles. The van der Waals surface area contributed by atoms with Crippen molar-refractivity contribution in [3.63, 3.8) is 0 Å². The van der Waals surface area contributed by atoms with Gasteiger partial charge in [0.15, 0.2) is 6.19 Å². The molecule has 1 aromatic heterocycles. The Morgan fingerprint density at radius 2 is 2.44 bits per heavy atom. The van der Waals surface area contributed by atoms with E-state index in [9.17, 15) is 4.79 Å². The maximum absolute atomic E-state index is 11.0. The average molecular weight is 216 g/mol. The second kappa shape index (κ2) is 4.23. The van der Waals surface area contributed by atoms with Crippen LogP contribution in [0.2, 0.25) is 0 Å². The van der Waals surface area contributed by atoms with Gasteiger partial charge in [-0.1, -0.05) is 6.92 Å². The minimum atomic E-state index is -0.444. The number of carbonyl (C=O) groups excluding carboxylic acids is 1. The van der Waals surface area contributed by atoms with Crippen LogP contribution >= 0.6 is 0 Å². The molecular formula is C12H12N2O2. The molecule has 0 saturated heterocycles. The van der Waals surface area contributed by atoms with Gasteiger partial charge in [-0.05, 0) is 30.5 Å². The largest absolute Gasteiger partial charge is 0.461 e. The predicted molar refractivity (Wildman–Crippen MR) is 58.0 cm³/mol. The van der Waals surface area contributed by atoms with E-state index in [1.807, 2.05) is 17.4 Å². The first-order valence-electron chi connectivity index (χ1n) is 5.17. The zero-order chi connectivity index (χ0) is 11.5. The first-order chi connectivity index (χ1) is 7.70. The molecule has 0 aromatic carbocycles. The van der Waals surface area contributed by atoms with Crippen molar-refractivity contribution in [2.75, 3.05) is 0 Å². The SMILES string of the molecule is CC1CC1c1ccc(C=CC(=O)NC#N)o1. The van der Waals surface area contributed by atoms with Crippen molar-refractivity contribution in [1.29, 1.82) is 5.26 Å². The number of amides is 1. The molecule has 0 bridgehead atoms. The summed E-state index contributed by atoms with van der Waals surface area (Å²) < 4.78 is 5.56. The third kappa shape index (κ3) is 2.31. The Morgan fingerprint density at radius 1 is 1.69 bits per heavy atom. The molecule has 0 aliphatic heterocycles. The van der Waals surface area contributed by atoms with Crippen molar-refractivity contribution in [3.05, 3.63) is 29.7 Å². The van der Waals surface area contributed by atoms with Crippen LogP contribution in [0.15, 0.2) is 22.6 Å². The van der Waals surface area contributed by atoms with Crippen LogP contribution in [0.5, 0.6) is 0 Å². The van der Waals surface area contributed by atoms with E-state index in [1.165, 1.54) is 12.5 Å². The van der Waals surface area contributed by atoms with Gasteiger partial charge >= 0.3 is 0 Å². The quantitative estimate of drug-likeness (QED) is 0.477. The van der Waals surface area contributed by atoms with Crippen molar-refractivity contribution in [1.82, 2.24) is 5.32 Å². The average Bonchev–Trinajstić information content (AvgIpc) is 2.80. The Balaban J connectivity index is 1.98. The number of carbonyl (C=O) groups is 1. The summed E-state index contributed by atoms with van der Waals surface area (Å²) in [5, 5.41) is 10.2. The normalized spacial score (nSPS) is 23.0. The predicted octanol–water partition coefficient (Wildman–Crippen LogP) is 2.01. The summed E-state index contributed by atoms with van der Waals surface area (Å²) in [6.45, 7) is 2.18. The Labute approximate surface area is 93.6 Å². The Morgan fingerprint density at radius 3 is 3.06 bits per heavy atom. The maximum Gasteiger partial charge on any atom is 0.257 e. The molecule has 4 nitrogen and oxygen atoms in total. The van der Waals surface area contributed by atoms with Crippen molar-refractivity contribution < 1.29 is 9.21 Å². The first kappa shape index (κ1) is 10.5. The molecule has 1 fully saturated rings. The van der Waals surface area contributed by atoms with Gasteiger partial charge < -0.3 is 4.42 Å². The summed E-state index contributed by atoms with van der Waals surface area (Å²) in [5.41, 5.74) is 0. The third-order valence-corrected chi connectivity index (χ3v) is 2.70. The topological polar surface area (TPSA) is 66.0 Å². The van der Waals surface area contributed by atoms with Crippen LogP contribution in [0, 0.1) is 17.4 Å². The lowest BCUT2D eigenvalue weighted by molar-refractivity contribution is -0.115. The fourth-order valence-electron chi connectivity index (χ4n) is 1.63. The minimum Gasteiger partial charge on any atom is -0.461 e. The lowest BCUT2D eigenvalue weighted by atomic mass is 10.3. The lowest BCUT2D eigenvalue weighted by Gasteiger charge is -1.90. The monoisotopic (exact) mass is 216 g/mol. The summed E-state index contributed by atoms with van der Waals surface area (Å²) in [5.74, 6) is 2.41. The summed E-state index contributed by atoms with van der Waals surface area (Å²) in [7, 11) is 0. The third-order valence-electron chi connectivity index (χ3n) is 2.70. The van der Waals surface area contributed by atoms with Gasteiger partial charge in [-0.15, -0.1) is 0 Å². The van der Waals surface area contributed by atoms with Gasteiger partial charge in [0.25, 0.3) is 5.91 Å². The number of hydrogen-bond acceptors (Lipinski definition) is 3. The zero-order valence-electron chi connectivity index (χ0n) is 8.93. The van der Waals surface area contributed by atoms with Crippen molar-refractivity contribution in [2.45, 2.75) is 19.3 Å². The Bertz CT molecular complexity index is 468. The molecule has 4 heteroatoms. The highest BCUT2D eigenvalue weighted by Crippen LogP contribution is 2.47. The van der Waals surface area contributed by atoms with E-state index in [0.29, 0.717) is 17.6 Å². The fourth-order valence-corrected chi connectivity index (χ4v) is 1.63. The van der Waals surface area contributed by atoms with Gasteiger partial charge in [0.1, 0.15) is 11.5 Å². The van der Waals surface area contributed by atoms with Crippen LogP contribution < -0.4 is 5.32 Å². The highest BCUT2D eigenvalue weighted by molar-refractivity contribution is 5.92. The molecule has 16 heavy (non-hydrogen) atoms. The highest BCUT2D eigenvalue weighted by atomic mass is 16.3. The van der Waals surface area contributed by atoms with Crippen LogP contribution in [0.1, 0.15) is 30.8 Å². The number of rotatable bonds is 3. The van der Waals surface area contributed by atoms with Crippen molar-refractivity contribution >= 4 is 12.0 Å². The van der Waals surface area contributed by atoms with Crippen LogP contribution in [-0.4, -0.2) is 5.91 Å². The van der Waals surface area contributed by atoms with Crippen molar-refractivity contribution in [3.8, 4) is 6.19 Å². The molecular weight excluding hydrogens is 204 g/mol. The lowest BCUT2D eigenvalue weighted by Crippen LogP contribution is -2.13. The standard InChI is InChI=1S/C12H12N2O2/c1-8-6-10(8)11-4-2-9(16-11)3-5-12(15)14-7-13/h2-5,8,10H,6H2,1H3,(H,14,15). The molecule has 0 radical (unpaired) electrons. The van der Waals surface area contributed by atoms with Gasteiger partial charge in [0.2, 0.25) is 0 Å². The Kier molecular flexibility index (Phi) is 2.78. The second-order valence-electron chi connectivity index (χ2n) is 3.99. The van der Waals surface area contributed by atoms with E-state index in [-0.39, 0.29) is 0 Å². The first-order valence-corrected chi connectivity index (χ1v) is 5.17. The summed E-state index contributed by atoms with van der Waals surface area (Å²) >= 11 is 0. The summed E-state index contributed by atoms with van der Waals surface area (Å²) in [6.07, 6.45) is 5.57. The summed E-state index contributed by atoms with van der Waals surface area (Å²) in [6, 6.07) is 3.77. The minimum absolute atomic E-state index is 0.444. The second-order valence-corrected chi connectivity index (χ2v) is 3.99. The van der Waals surface area contributed by atoms with Gasteiger partial charge in [0.05, 0.1) is 0 Å². The summed E-state index contributed by atoms with van der Waals surface area (Å²) in [4.78, 5) is 11.0. The van der Waals surface area contributed by atoms with Crippen LogP contribution in [0.3, 0.4) is 0 Å². The molecule has 82 valence electrons. The Hall–Kier alpha value is -2.02. The molecule has 2 rings (SSSR count). The zero-order valence-corrected chi connectivity index (χ0v) is 8.93. The fraction of sp³-hybridized carbons (Fsp3) is 0.333. The van der Waals surface area contributed by atoms with E-state index >= 15 is 0 Å². The molecule has 2 unspecified atom stereocenters. The number of furan rings is 1. The molecule has 1 amide bonds. The molecule has 1 aromatic rings. The smallest absolute Gasteiger partial charge is 0.257 e. The van der Waals surface area contributed by atoms with Crippen LogP contribution in [-0.2, 0) is 4.79 Å². The molecule has 1 N–H and O–H groups in total. The molecule has 2 atom stereocenters. The number of hydrogen-bond donors (Lipinski definition) is 1. The van der Waals surface area contributed by atoms with Crippen LogP contribution in [0.25, 0.3) is 6.08 Å². The van der Waals surface area contributed by atoms with E-state index < -0.39 is 5.91 Å². The van der Waals surface area contributed by atoms with E-state index in [2.05, 4.69) is 6.92 Å². The van der Waals surface area contributed by atoms with Gasteiger partial charge in [0, 0.05) is 12.0 Å². The van der Waals surface area contributed by atoms with Gasteiger partial charge in [-0.25, -0.2) is 0 Å². The number of nitrogens with one attached hydrogen (secondary N) is 1.